The minimum atomic E-state index is -0.401. The van der Waals surface area contributed by atoms with Gasteiger partial charge >= 0.3 is 0 Å². The summed E-state index contributed by atoms with van der Waals surface area (Å²) in [6.45, 7) is 8.83. The highest BCUT2D eigenvalue weighted by Gasteiger charge is 2.44. The standard InChI is InChI=1S/C19H26N2O2/c1-5-20-17(22)15-10-13-8-9-19(3,4)11-14-7-6-12(2)18(23)21(15)16(13)14/h8-9,11-12,15H,5-7,10H2,1-4H3,(H,20,22). The second-order valence-electron chi connectivity index (χ2n) is 7.46. The second kappa shape index (κ2) is 5.66. The lowest BCUT2D eigenvalue weighted by Crippen LogP contribution is -2.47. The van der Waals surface area contributed by atoms with Crippen molar-refractivity contribution < 1.29 is 9.59 Å². The third-order valence-electron chi connectivity index (χ3n) is 4.99. The number of nitrogens with one attached hydrogen (secondary N) is 1. The molecule has 0 saturated carbocycles. The van der Waals surface area contributed by atoms with Gasteiger partial charge in [0.1, 0.15) is 6.04 Å². The summed E-state index contributed by atoms with van der Waals surface area (Å²) in [5.41, 5.74) is 3.32. The van der Waals surface area contributed by atoms with E-state index in [1.165, 1.54) is 5.57 Å². The predicted octanol–water partition coefficient (Wildman–Crippen LogP) is 2.93. The van der Waals surface area contributed by atoms with Crippen molar-refractivity contribution in [2.45, 2.75) is 53.0 Å². The highest BCUT2D eigenvalue weighted by atomic mass is 16.2. The molecule has 2 unspecified atom stereocenters. The Hall–Kier alpha value is -1.84. The molecule has 2 heterocycles. The number of amides is 2. The molecule has 1 aliphatic carbocycles. The maximum absolute atomic E-state index is 12.9. The van der Waals surface area contributed by atoms with Crippen LogP contribution in [0.4, 0.5) is 0 Å². The lowest BCUT2D eigenvalue weighted by Gasteiger charge is -2.28. The summed E-state index contributed by atoms with van der Waals surface area (Å²) in [4.78, 5) is 27.2. The number of hydrogen-bond acceptors (Lipinski definition) is 2. The van der Waals surface area contributed by atoms with E-state index in [2.05, 4.69) is 37.4 Å². The summed E-state index contributed by atoms with van der Waals surface area (Å²) >= 11 is 0. The molecule has 2 atom stereocenters. The Labute approximate surface area is 138 Å². The molecule has 0 bridgehead atoms. The average molecular weight is 314 g/mol. The van der Waals surface area contributed by atoms with Crippen LogP contribution in [0, 0.1) is 11.3 Å². The number of carbonyl (C=O) groups excluding carboxylic acids is 2. The zero-order chi connectivity index (χ0) is 16.8. The number of rotatable bonds is 2. The Balaban J connectivity index is 2.08. The SMILES string of the molecule is CCNC(=O)C1CC2=C3C(=CC(C)(C)C=C2)CCC(C)C(=O)N31. The molecule has 3 rings (SSSR count). The van der Waals surface area contributed by atoms with Gasteiger partial charge in [-0.2, -0.15) is 0 Å². The van der Waals surface area contributed by atoms with Gasteiger partial charge in [-0.05, 0) is 30.9 Å². The van der Waals surface area contributed by atoms with E-state index in [4.69, 9.17) is 0 Å². The Morgan fingerprint density at radius 2 is 2.17 bits per heavy atom. The Kier molecular flexibility index (Phi) is 3.95. The van der Waals surface area contributed by atoms with Gasteiger partial charge in [-0.3, -0.25) is 14.5 Å². The summed E-state index contributed by atoms with van der Waals surface area (Å²) < 4.78 is 0. The molecular formula is C19H26N2O2. The first-order valence-corrected chi connectivity index (χ1v) is 8.59. The van der Waals surface area contributed by atoms with Crippen LogP contribution in [0.25, 0.3) is 0 Å². The Morgan fingerprint density at radius 3 is 2.87 bits per heavy atom. The van der Waals surface area contributed by atoms with Gasteiger partial charge in [0, 0.05) is 24.3 Å². The highest BCUT2D eigenvalue weighted by Crippen LogP contribution is 2.44. The van der Waals surface area contributed by atoms with Crippen molar-refractivity contribution in [1.82, 2.24) is 10.2 Å². The number of nitrogens with zero attached hydrogens (tertiary/aromatic N) is 1. The van der Waals surface area contributed by atoms with E-state index in [1.54, 1.807) is 4.90 Å². The molecule has 0 aromatic heterocycles. The molecule has 1 saturated heterocycles. The van der Waals surface area contributed by atoms with E-state index in [-0.39, 0.29) is 23.1 Å². The van der Waals surface area contributed by atoms with Crippen molar-refractivity contribution in [3.8, 4) is 0 Å². The van der Waals surface area contributed by atoms with Gasteiger partial charge in [-0.25, -0.2) is 0 Å². The topological polar surface area (TPSA) is 49.4 Å². The van der Waals surface area contributed by atoms with Crippen molar-refractivity contribution in [1.29, 1.82) is 0 Å². The smallest absolute Gasteiger partial charge is 0.243 e. The van der Waals surface area contributed by atoms with E-state index in [0.29, 0.717) is 13.0 Å². The normalized spacial score (nSPS) is 29.0. The fourth-order valence-electron chi connectivity index (χ4n) is 3.78. The average Bonchev–Trinajstić information content (AvgIpc) is 2.76. The zero-order valence-corrected chi connectivity index (χ0v) is 14.5. The van der Waals surface area contributed by atoms with Crippen molar-refractivity contribution in [3.63, 3.8) is 0 Å². The zero-order valence-electron chi connectivity index (χ0n) is 14.5. The second-order valence-corrected chi connectivity index (χ2v) is 7.46. The molecule has 4 nitrogen and oxygen atoms in total. The fourth-order valence-corrected chi connectivity index (χ4v) is 3.78. The van der Waals surface area contributed by atoms with Gasteiger partial charge in [0.05, 0.1) is 5.70 Å². The molecule has 4 heteroatoms. The lowest BCUT2D eigenvalue weighted by molar-refractivity contribution is -0.139. The van der Waals surface area contributed by atoms with Crippen LogP contribution < -0.4 is 5.32 Å². The molecule has 1 N–H and O–H groups in total. The third-order valence-corrected chi connectivity index (χ3v) is 4.99. The predicted molar refractivity (Wildman–Crippen MR) is 90.4 cm³/mol. The van der Waals surface area contributed by atoms with Crippen molar-refractivity contribution >= 4 is 11.8 Å². The molecule has 1 fully saturated rings. The Morgan fingerprint density at radius 1 is 1.43 bits per heavy atom. The van der Waals surface area contributed by atoms with Crippen LogP contribution in [0.15, 0.2) is 35.1 Å². The summed E-state index contributed by atoms with van der Waals surface area (Å²) in [5.74, 6) is -0.00325. The number of hydrogen-bond donors (Lipinski definition) is 1. The quantitative estimate of drug-likeness (QED) is 0.852. The molecule has 3 aliphatic rings. The highest BCUT2D eigenvalue weighted by molar-refractivity contribution is 5.92. The Bertz CT molecular complexity index is 640. The third kappa shape index (κ3) is 2.75. The summed E-state index contributed by atoms with van der Waals surface area (Å²) in [6, 6.07) is -0.401. The molecule has 0 aromatic rings. The largest absolute Gasteiger partial charge is 0.355 e. The number of allylic oxidation sites excluding steroid dienone is 4. The monoisotopic (exact) mass is 314 g/mol. The van der Waals surface area contributed by atoms with Crippen LogP contribution in [-0.4, -0.2) is 29.3 Å². The van der Waals surface area contributed by atoms with E-state index in [0.717, 1.165) is 24.1 Å². The first-order valence-electron chi connectivity index (χ1n) is 8.59. The van der Waals surface area contributed by atoms with Gasteiger partial charge in [0.15, 0.2) is 0 Å². The van der Waals surface area contributed by atoms with Crippen molar-refractivity contribution in [2.75, 3.05) is 6.54 Å². The minimum Gasteiger partial charge on any atom is -0.355 e. The first kappa shape index (κ1) is 16.0. The summed E-state index contributed by atoms with van der Waals surface area (Å²) in [5, 5.41) is 2.89. The van der Waals surface area contributed by atoms with Crippen LogP contribution in [0.5, 0.6) is 0 Å². The summed E-state index contributed by atoms with van der Waals surface area (Å²) in [6.07, 6.45) is 8.93. The van der Waals surface area contributed by atoms with Crippen LogP contribution in [0.2, 0.25) is 0 Å². The van der Waals surface area contributed by atoms with Crippen molar-refractivity contribution in [2.24, 2.45) is 11.3 Å². The van der Waals surface area contributed by atoms with E-state index < -0.39 is 6.04 Å². The van der Waals surface area contributed by atoms with Crippen molar-refractivity contribution in [3.05, 3.63) is 35.1 Å². The van der Waals surface area contributed by atoms with E-state index in [9.17, 15) is 9.59 Å². The first-order chi connectivity index (χ1) is 10.8. The minimum absolute atomic E-state index is 0.0247. The molecule has 0 radical (unpaired) electrons. The van der Waals surface area contributed by atoms with Crippen LogP contribution in [0.1, 0.15) is 47.0 Å². The molecule has 2 aliphatic heterocycles. The maximum atomic E-state index is 12.9. The van der Waals surface area contributed by atoms with Crippen LogP contribution in [-0.2, 0) is 9.59 Å². The van der Waals surface area contributed by atoms with Crippen LogP contribution >= 0.6 is 0 Å². The molecule has 0 spiro atoms. The molecular weight excluding hydrogens is 288 g/mol. The van der Waals surface area contributed by atoms with Gasteiger partial charge in [-0.1, -0.05) is 39.0 Å². The van der Waals surface area contributed by atoms with Gasteiger partial charge < -0.3 is 5.32 Å². The number of carbonyl (C=O) groups is 2. The number of likely N-dealkylation sites (N-methyl/N-ethyl adjacent to an activating group) is 1. The van der Waals surface area contributed by atoms with Crippen LogP contribution in [0.3, 0.4) is 0 Å². The van der Waals surface area contributed by atoms with Gasteiger partial charge in [0.2, 0.25) is 11.8 Å². The molecule has 124 valence electrons. The van der Waals surface area contributed by atoms with Gasteiger partial charge in [-0.15, -0.1) is 0 Å². The fraction of sp³-hybridized carbons (Fsp3) is 0.579. The van der Waals surface area contributed by atoms with E-state index in [1.807, 2.05) is 13.8 Å². The summed E-state index contributed by atoms with van der Waals surface area (Å²) in [7, 11) is 0. The maximum Gasteiger partial charge on any atom is 0.243 e. The molecule has 23 heavy (non-hydrogen) atoms. The molecule has 0 aromatic carbocycles. The van der Waals surface area contributed by atoms with Gasteiger partial charge in [0.25, 0.3) is 0 Å². The lowest BCUT2D eigenvalue weighted by atomic mass is 9.89. The van der Waals surface area contributed by atoms with E-state index >= 15 is 0 Å². The molecule has 2 amide bonds.